The molecule has 0 aliphatic heterocycles. The molecule has 0 aliphatic rings. The molecule has 21 heavy (non-hydrogen) atoms. The third-order valence-electron chi connectivity index (χ3n) is 3.09. The van der Waals surface area contributed by atoms with Gasteiger partial charge in [-0.15, -0.1) is 0 Å². The third-order valence-corrected chi connectivity index (χ3v) is 3.09. The molecular weight excluding hydrogens is 267 g/mol. The number of ether oxygens (including phenoxy) is 1. The van der Waals surface area contributed by atoms with Crippen LogP contribution in [-0.4, -0.2) is 11.7 Å². The molecule has 0 unspecified atom stereocenters. The monoisotopic (exact) mass is 284 g/mol. The minimum absolute atomic E-state index is 0.256. The van der Waals surface area contributed by atoms with Crippen LogP contribution in [0.2, 0.25) is 0 Å². The van der Waals surface area contributed by atoms with Crippen LogP contribution in [0.15, 0.2) is 36.4 Å². The Morgan fingerprint density at radius 3 is 2.67 bits per heavy atom. The first-order valence-corrected chi connectivity index (χ1v) is 6.68. The molecule has 2 nitrogen and oxygen atoms in total. The van der Waals surface area contributed by atoms with Crippen molar-refractivity contribution in [2.24, 2.45) is 0 Å². The quantitative estimate of drug-likeness (QED) is 0.876. The highest BCUT2D eigenvalue weighted by atomic mass is 19.1. The van der Waals surface area contributed by atoms with Crippen LogP contribution in [-0.2, 0) is 6.61 Å². The average molecular weight is 284 g/mol. The van der Waals surface area contributed by atoms with Crippen LogP contribution in [0.5, 0.6) is 5.75 Å². The van der Waals surface area contributed by atoms with Crippen LogP contribution < -0.4 is 4.74 Å². The van der Waals surface area contributed by atoms with Crippen molar-refractivity contribution in [1.29, 1.82) is 0 Å². The number of rotatable bonds is 3. The SMILES string of the molecule is Cc1ccc(OCc2ccc(F)cc2C#CCO)c(C)c1. The summed E-state index contributed by atoms with van der Waals surface area (Å²) in [7, 11) is 0. The Morgan fingerprint density at radius 2 is 1.95 bits per heavy atom. The first-order chi connectivity index (χ1) is 10.1. The maximum atomic E-state index is 13.3. The van der Waals surface area contributed by atoms with E-state index in [1.165, 1.54) is 17.7 Å². The molecule has 1 N–H and O–H groups in total. The van der Waals surface area contributed by atoms with Crippen LogP contribution >= 0.6 is 0 Å². The summed E-state index contributed by atoms with van der Waals surface area (Å²) in [6.07, 6.45) is 0. The second kappa shape index (κ2) is 6.92. The number of halogens is 1. The van der Waals surface area contributed by atoms with E-state index in [1.54, 1.807) is 6.07 Å². The maximum absolute atomic E-state index is 13.3. The Morgan fingerprint density at radius 1 is 1.14 bits per heavy atom. The molecule has 0 amide bonds. The van der Waals surface area contributed by atoms with Crippen LogP contribution in [0.25, 0.3) is 0 Å². The van der Waals surface area contributed by atoms with E-state index >= 15 is 0 Å². The summed E-state index contributed by atoms with van der Waals surface area (Å²) in [5.41, 5.74) is 3.56. The molecule has 0 spiro atoms. The first-order valence-electron chi connectivity index (χ1n) is 6.68. The standard InChI is InChI=1S/C18H17FO2/c1-13-5-8-18(14(2)10-13)21-12-16-6-7-17(19)11-15(16)4-3-9-20/h5-8,10-11,20H,9,12H2,1-2H3. The third kappa shape index (κ3) is 4.08. The zero-order valence-corrected chi connectivity index (χ0v) is 12.1. The molecule has 2 aromatic carbocycles. The van der Waals surface area contributed by atoms with Gasteiger partial charge in [0.1, 0.15) is 24.8 Å². The van der Waals surface area contributed by atoms with Gasteiger partial charge < -0.3 is 9.84 Å². The van der Waals surface area contributed by atoms with E-state index in [1.807, 2.05) is 32.0 Å². The van der Waals surface area contributed by atoms with Gasteiger partial charge in [0.2, 0.25) is 0 Å². The fraction of sp³-hybridized carbons (Fsp3) is 0.222. The lowest BCUT2D eigenvalue weighted by atomic mass is 10.1. The van der Waals surface area contributed by atoms with E-state index in [0.717, 1.165) is 16.9 Å². The number of hydrogen-bond donors (Lipinski definition) is 1. The molecule has 0 aliphatic carbocycles. The number of aliphatic hydroxyl groups is 1. The second-order valence-corrected chi connectivity index (χ2v) is 4.82. The smallest absolute Gasteiger partial charge is 0.124 e. The van der Waals surface area contributed by atoms with Crippen LogP contribution in [0.3, 0.4) is 0 Å². The van der Waals surface area contributed by atoms with Gasteiger partial charge in [-0.3, -0.25) is 0 Å². The van der Waals surface area contributed by atoms with E-state index < -0.39 is 0 Å². The fourth-order valence-corrected chi connectivity index (χ4v) is 2.04. The molecule has 2 aromatic rings. The molecular formula is C18H17FO2. The summed E-state index contributed by atoms with van der Waals surface area (Å²) in [6.45, 7) is 4.06. The normalized spacial score (nSPS) is 9.90. The van der Waals surface area contributed by atoms with Gasteiger partial charge in [-0.25, -0.2) is 4.39 Å². The van der Waals surface area contributed by atoms with Crippen molar-refractivity contribution >= 4 is 0 Å². The lowest BCUT2D eigenvalue weighted by Crippen LogP contribution is -2.00. The van der Waals surface area contributed by atoms with Gasteiger partial charge in [-0.1, -0.05) is 35.6 Å². The molecule has 0 aromatic heterocycles. The Labute approximate surface area is 124 Å². The summed E-state index contributed by atoms with van der Waals surface area (Å²) < 4.78 is 19.1. The van der Waals surface area contributed by atoms with Gasteiger partial charge in [0.15, 0.2) is 0 Å². The van der Waals surface area contributed by atoms with Crippen LogP contribution in [0, 0.1) is 31.5 Å². The van der Waals surface area contributed by atoms with Crippen molar-refractivity contribution in [3.8, 4) is 17.6 Å². The Bertz CT molecular complexity index is 696. The molecule has 0 saturated carbocycles. The zero-order valence-electron chi connectivity index (χ0n) is 12.1. The lowest BCUT2D eigenvalue weighted by Gasteiger charge is -2.11. The number of benzene rings is 2. The second-order valence-electron chi connectivity index (χ2n) is 4.82. The van der Waals surface area contributed by atoms with E-state index in [9.17, 15) is 4.39 Å². The molecule has 0 bridgehead atoms. The van der Waals surface area contributed by atoms with E-state index in [0.29, 0.717) is 12.2 Å². The number of aliphatic hydroxyl groups excluding tert-OH is 1. The molecule has 0 heterocycles. The summed E-state index contributed by atoms with van der Waals surface area (Å²) in [4.78, 5) is 0. The van der Waals surface area contributed by atoms with Gasteiger partial charge in [0.05, 0.1) is 0 Å². The zero-order chi connectivity index (χ0) is 15.2. The van der Waals surface area contributed by atoms with Gasteiger partial charge in [-0.2, -0.15) is 0 Å². The summed E-state index contributed by atoms with van der Waals surface area (Å²) >= 11 is 0. The van der Waals surface area contributed by atoms with Crippen molar-refractivity contribution in [1.82, 2.24) is 0 Å². The molecule has 0 saturated heterocycles. The van der Waals surface area contributed by atoms with Crippen molar-refractivity contribution in [2.45, 2.75) is 20.5 Å². The van der Waals surface area contributed by atoms with Crippen LogP contribution in [0.1, 0.15) is 22.3 Å². The highest BCUT2D eigenvalue weighted by Crippen LogP contribution is 2.21. The van der Waals surface area contributed by atoms with Gasteiger partial charge in [-0.05, 0) is 37.6 Å². The molecule has 0 radical (unpaired) electrons. The Balaban J connectivity index is 2.19. The average Bonchev–Trinajstić information content (AvgIpc) is 2.45. The van der Waals surface area contributed by atoms with E-state index in [-0.39, 0.29) is 12.4 Å². The molecule has 0 fully saturated rings. The van der Waals surface area contributed by atoms with Crippen molar-refractivity contribution in [3.63, 3.8) is 0 Å². The number of aryl methyl sites for hydroxylation is 2. The minimum Gasteiger partial charge on any atom is -0.489 e. The Kier molecular flexibility index (Phi) is 4.97. The number of hydrogen-bond acceptors (Lipinski definition) is 2. The Hall–Kier alpha value is -2.31. The highest BCUT2D eigenvalue weighted by molar-refractivity contribution is 5.42. The van der Waals surface area contributed by atoms with Gasteiger partial charge in [0.25, 0.3) is 0 Å². The predicted octanol–water partition coefficient (Wildman–Crippen LogP) is 3.37. The topological polar surface area (TPSA) is 29.5 Å². The van der Waals surface area contributed by atoms with Gasteiger partial charge in [0, 0.05) is 11.1 Å². The summed E-state index contributed by atoms with van der Waals surface area (Å²) in [6, 6.07) is 10.3. The van der Waals surface area contributed by atoms with Crippen molar-refractivity contribution in [3.05, 3.63) is 64.5 Å². The van der Waals surface area contributed by atoms with Crippen molar-refractivity contribution < 1.29 is 14.2 Å². The largest absolute Gasteiger partial charge is 0.489 e. The predicted molar refractivity (Wildman–Crippen MR) is 80.6 cm³/mol. The fourth-order valence-electron chi connectivity index (χ4n) is 2.04. The minimum atomic E-state index is -0.354. The molecule has 3 heteroatoms. The summed E-state index contributed by atoms with van der Waals surface area (Å²) in [5, 5.41) is 8.76. The first kappa shape index (κ1) is 15.1. The summed E-state index contributed by atoms with van der Waals surface area (Å²) in [5.74, 6) is 5.72. The van der Waals surface area contributed by atoms with E-state index in [4.69, 9.17) is 9.84 Å². The lowest BCUT2D eigenvalue weighted by molar-refractivity contribution is 0.303. The molecule has 0 atom stereocenters. The van der Waals surface area contributed by atoms with Crippen molar-refractivity contribution in [2.75, 3.05) is 6.61 Å². The molecule has 2 rings (SSSR count). The van der Waals surface area contributed by atoms with E-state index in [2.05, 4.69) is 11.8 Å². The highest BCUT2D eigenvalue weighted by Gasteiger charge is 2.05. The maximum Gasteiger partial charge on any atom is 0.124 e. The van der Waals surface area contributed by atoms with Crippen LogP contribution in [0.4, 0.5) is 4.39 Å². The van der Waals surface area contributed by atoms with Gasteiger partial charge >= 0.3 is 0 Å². The molecule has 108 valence electrons.